The van der Waals surface area contributed by atoms with E-state index in [2.05, 4.69) is 21.2 Å². The average molecular weight is 279 g/mol. The number of likely N-dealkylation sites (tertiary alicyclic amines) is 1. The van der Waals surface area contributed by atoms with Crippen molar-refractivity contribution in [3.63, 3.8) is 0 Å². The van der Waals surface area contributed by atoms with Crippen molar-refractivity contribution in [3.05, 3.63) is 29.3 Å². The van der Waals surface area contributed by atoms with E-state index in [1.807, 2.05) is 18.3 Å². The molecular formula is C14H19ClN4. The molecule has 3 rings (SSSR count). The maximum Gasteiger partial charge on any atom is 0.157 e. The summed E-state index contributed by atoms with van der Waals surface area (Å²) in [5, 5.41) is 0.519. The molecule has 0 unspecified atom stereocenters. The number of pyridine rings is 1. The Balaban J connectivity index is 1.96. The largest absolute Gasteiger partial charge is 0.397 e. The number of halogens is 1. The molecule has 2 aromatic heterocycles. The fourth-order valence-electron chi connectivity index (χ4n) is 2.94. The zero-order valence-corrected chi connectivity index (χ0v) is 11.9. The Labute approximate surface area is 118 Å². The second-order valence-corrected chi connectivity index (χ2v) is 5.51. The number of fused-ring (bicyclic) bond motifs is 1. The molecule has 0 spiro atoms. The van der Waals surface area contributed by atoms with Gasteiger partial charge in [-0.2, -0.15) is 0 Å². The minimum atomic E-state index is 0.476. The van der Waals surface area contributed by atoms with Crippen LogP contribution in [-0.2, 0) is 0 Å². The number of imidazole rings is 1. The zero-order chi connectivity index (χ0) is 13.4. The van der Waals surface area contributed by atoms with Crippen LogP contribution in [-0.4, -0.2) is 33.9 Å². The van der Waals surface area contributed by atoms with Crippen molar-refractivity contribution in [2.75, 3.05) is 25.4 Å². The first-order valence-electron chi connectivity index (χ1n) is 6.85. The second-order valence-electron chi connectivity index (χ2n) is 5.15. The zero-order valence-electron chi connectivity index (χ0n) is 11.1. The van der Waals surface area contributed by atoms with Gasteiger partial charge < -0.3 is 15.0 Å². The summed E-state index contributed by atoms with van der Waals surface area (Å²) in [4.78, 5) is 7.03. The van der Waals surface area contributed by atoms with Gasteiger partial charge in [0.2, 0.25) is 0 Å². The van der Waals surface area contributed by atoms with E-state index < -0.39 is 0 Å². The predicted octanol–water partition coefficient (Wildman–Crippen LogP) is 2.77. The van der Waals surface area contributed by atoms with Crippen LogP contribution in [0.25, 0.3) is 5.52 Å². The van der Waals surface area contributed by atoms with Crippen LogP contribution in [0.15, 0.2) is 18.3 Å². The predicted molar refractivity (Wildman–Crippen MR) is 78.7 cm³/mol. The molecule has 1 saturated heterocycles. The Morgan fingerprint density at radius 2 is 2.16 bits per heavy atom. The standard InChI is InChI=1S/C14H19ClN4/c1-2-18-8-5-10(6-9-18)14-17-13(15)12-11(16)4-3-7-19(12)14/h3-4,7,10H,2,5-6,8-9,16H2,1H3. The molecule has 1 fully saturated rings. The molecule has 2 aromatic rings. The van der Waals surface area contributed by atoms with E-state index in [1.165, 1.54) is 0 Å². The monoisotopic (exact) mass is 278 g/mol. The summed E-state index contributed by atoms with van der Waals surface area (Å²) in [6.07, 6.45) is 4.28. The lowest BCUT2D eigenvalue weighted by Crippen LogP contribution is -2.33. The first-order valence-corrected chi connectivity index (χ1v) is 7.22. The van der Waals surface area contributed by atoms with Crippen LogP contribution < -0.4 is 5.73 Å². The summed E-state index contributed by atoms with van der Waals surface area (Å²) in [6.45, 7) is 5.61. The van der Waals surface area contributed by atoms with Crippen molar-refractivity contribution >= 4 is 22.8 Å². The highest BCUT2D eigenvalue weighted by Crippen LogP contribution is 2.32. The number of rotatable bonds is 2. The molecule has 0 aromatic carbocycles. The SMILES string of the molecule is CCN1CCC(c2nc(Cl)c3c(N)cccn23)CC1. The van der Waals surface area contributed by atoms with Gasteiger partial charge in [0.15, 0.2) is 5.15 Å². The van der Waals surface area contributed by atoms with Crippen LogP contribution in [0.4, 0.5) is 5.69 Å². The Bertz CT molecular complexity index is 584. The van der Waals surface area contributed by atoms with Gasteiger partial charge in [-0.15, -0.1) is 0 Å². The number of nitrogens with zero attached hydrogens (tertiary/aromatic N) is 3. The lowest BCUT2D eigenvalue weighted by Gasteiger charge is -2.30. The van der Waals surface area contributed by atoms with Crippen LogP contribution in [0, 0.1) is 0 Å². The molecule has 4 nitrogen and oxygen atoms in total. The quantitative estimate of drug-likeness (QED) is 0.919. The maximum atomic E-state index is 6.24. The Kier molecular flexibility index (Phi) is 3.37. The number of hydrogen-bond donors (Lipinski definition) is 1. The van der Waals surface area contributed by atoms with E-state index in [9.17, 15) is 0 Å². The van der Waals surface area contributed by atoms with Gasteiger partial charge in [0.1, 0.15) is 11.3 Å². The third-order valence-electron chi connectivity index (χ3n) is 4.08. The first kappa shape index (κ1) is 12.8. The summed E-state index contributed by atoms with van der Waals surface area (Å²) in [5.74, 6) is 1.53. The topological polar surface area (TPSA) is 46.6 Å². The Morgan fingerprint density at radius 1 is 1.42 bits per heavy atom. The van der Waals surface area contributed by atoms with Crippen LogP contribution in [0.1, 0.15) is 31.5 Å². The van der Waals surface area contributed by atoms with Gasteiger partial charge in [-0.1, -0.05) is 18.5 Å². The smallest absolute Gasteiger partial charge is 0.157 e. The minimum absolute atomic E-state index is 0.476. The van der Waals surface area contributed by atoms with E-state index >= 15 is 0 Å². The lowest BCUT2D eigenvalue weighted by atomic mass is 9.96. The molecule has 102 valence electrons. The normalized spacial score (nSPS) is 18.2. The van der Waals surface area contributed by atoms with E-state index in [0.29, 0.717) is 16.8 Å². The molecule has 2 N–H and O–H groups in total. The second kappa shape index (κ2) is 5.02. The molecule has 0 radical (unpaired) electrons. The highest BCUT2D eigenvalue weighted by Gasteiger charge is 2.24. The molecule has 1 aliphatic heterocycles. The fraction of sp³-hybridized carbons (Fsp3) is 0.500. The third-order valence-corrected chi connectivity index (χ3v) is 4.34. The number of aromatic nitrogens is 2. The molecule has 0 aliphatic carbocycles. The summed E-state index contributed by atoms with van der Waals surface area (Å²) in [6, 6.07) is 3.82. The molecule has 0 bridgehead atoms. The summed E-state index contributed by atoms with van der Waals surface area (Å²) in [7, 11) is 0. The molecule has 0 atom stereocenters. The third kappa shape index (κ3) is 2.19. The van der Waals surface area contributed by atoms with Crippen LogP contribution in [0.2, 0.25) is 5.15 Å². The highest BCUT2D eigenvalue weighted by molar-refractivity contribution is 6.33. The Morgan fingerprint density at radius 3 is 2.84 bits per heavy atom. The lowest BCUT2D eigenvalue weighted by molar-refractivity contribution is 0.219. The summed E-state index contributed by atoms with van der Waals surface area (Å²) >= 11 is 6.24. The van der Waals surface area contributed by atoms with E-state index in [4.69, 9.17) is 17.3 Å². The summed E-state index contributed by atoms with van der Waals surface area (Å²) in [5.41, 5.74) is 7.53. The number of anilines is 1. The van der Waals surface area contributed by atoms with E-state index in [-0.39, 0.29) is 0 Å². The molecule has 19 heavy (non-hydrogen) atoms. The van der Waals surface area contributed by atoms with Gasteiger partial charge >= 0.3 is 0 Å². The van der Waals surface area contributed by atoms with Crippen molar-refractivity contribution in [1.29, 1.82) is 0 Å². The molecule has 5 heteroatoms. The Hall–Kier alpha value is -1.26. The molecule has 0 saturated carbocycles. The molecule has 0 amide bonds. The van der Waals surface area contributed by atoms with Crippen molar-refractivity contribution < 1.29 is 0 Å². The number of nitrogens with two attached hydrogens (primary N) is 1. The fourth-order valence-corrected chi connectivity index (χ4v) is 3.22. The number of hydrogen-bond acceptors (Lipinski definition) is 3. The maximum absolute atomic E-state index is 6.24. The van der Waals surface area contributed by atoms with Gasteiger partial charge in [-0.25, -0.2) is 4.98 Å². The van der Waals surface area contributed by atoms with Crippen LogP contribution in [0.5, 0.6) is 0 Å². The van der Waals surface area contributed by atoms with Gasteiger partial charge in [0.05, 0.1) is 5.69 Å². The van der Waals surface area contributed by atoms with Gasteiger partial charge in [0, 0.05) is 12.1 Å². The van der Waals surface area contributed by atoms with Gasteiger partial charge in [-0.3, -0.25) is 0 Å². The number of piperidine rings is 1. The van der Waals surface area contributed by atoms with E-state index in [0.717, 1.165) is 43.8 Å². The molecule has 3 heterocycles. The van der Waals surface area contributed by atoms with Gasteiger partial charge in [-0.05, 0) is 44.6 Å². The van der Waals surface area contributed by atoms with Crippen LogP contribution >= 0.6 is 11.6 Å². The number of nitrogen functional groups attached to an aromatic ring is 1. The molecule has 1 aliphatic rings. The van der Waals surface area contributed by atoms with E-state index in [1.54, 1.807) is 0 Å². The average Bonchev–Trinajstić information content (AvgIpc) is 2.78. The highest BCUT2D eigenvalue weighted by atomic mass is 35.5. The van der Waals surface area contributed by atoms with Crippen molar-refractivity contribution in [2.24, 2.45) is 0 Å². The van der Waals surface area contributed by atoms with Crippen molar-refractivity contribution in [3.8, 4) is 0 Å². The van der Waals surface area contributed by atoms with Crippen molar-refractivity contribution in [1.82, 2.24) is 14.3 Å². The van der Waals surface area contributed by atoms with Gasteiger partial charge in [0.25, 0.3) is 0 Å². The molecular weight excluding hydrogens is 260 g/mol. The van der Waals surface area contributed by atoms with Crippen LogP contribution in [0.3, 0.4) is 0 Å². The summed E-state index contributed by atoms with van der Waals surface area (Å²) < 4.78 is 2.06. The van der Waals surface area contributed by atoms with Crippen molar-refractivity contribution in [2.45, 2.75) is 25.7 Å². The minimum Gasteiger partial charge on any atom is -0.397 e. The first-order chi connectivity index (χ1) is 9.20.